The standard InChI is InChI=1S/C13H16F2N2O/c1-3-6-10(4-2)16-13(18)11-7-5-8-17(11)9-12(14)15/h2,5,7-8,10,12H,3,6,9H2,1H3,(H,16,18). The average molecular weight is 254 g/mol. The third kappa shape index (κ3) is 3.88. The van der Waals surface area contributed by atoms with Gasteiger partial charge in [0.1, 0.15) is 5.69 Å². The van der Waals surface area contributed by atoms with Crippen LogP contribution < -0.4 is 5.32 Å². The number of nitrogens with one attached hydrogen (secondary N) is 1. The number of amides is 1. The van der Waals surface area contributed by atoms with E-state index in [2.05, 4.69) is 11.2 Å². The van der Waals surface area contributed by atoms with Crippen LogP contribution in [0, 0.1) is 12.3 Å². The predicted molar refractivity (Wildman–Crippen MR) is 65.4 cm³/mol. The summed E-state index contributed by atoms with van der Waals surface area (Å²) in [5.41, 5.74) is 0.201. The zero-order chi connectivity index (χ0) is 13.5. The van der Waals surface area contributed by atoms with Gasteiger partial charge >= 0.3 is 0 Å². The fourth-order valence-electron chi connectivity index (χ4n) is 1.65. The molecule has 1 aromatic heterocycles. The minimum absolute atomic E-state index is 0.201. The Kier molecular flexibility index (Phi) is 5.37. The second kappa shape index (κ2) is 6.80. The van der Waals surface area contributed by atoms with Crippen molar-refractivity contribution < 1.29 is 13.6 Å². The fourth-order valence-corrected chi connectivity index (χ4v) is 1.65. The van der Waals surface area contributed by atoms with Crippen LogP contribution in [0.3, 0.4) is 0 Å². The molecule has 0 aliphatic heterocycles. The minimum atomic E-state index is -2.50. The van der Waals surface area contributed by atoms with Crippen molar-refractivity contribution in [2.24, 2.45) is 0 Å². The summed E-state index contributed by atoms with van der Waals surface area (Å²) in [6, 6.07) is 2.69. The molecule has 0 bridgehead atoms. The smallest absolute Gasteiger partial charge is 0.268 e. The Bertz CT molecular complexity index is 434. The van der Waals surface area contributed by atoms with E-state index in [0.717, 1.165) is 6.42 Å². The van der Waals surface area contributed by atoms with Crippen molar-refractivity contribution in [1.82, 2.24) is 9.88 Å². The van der Waals surface area contributed by atoms with Crippen molar-refractivity contribution in [1.29, 1.82) is 0 Å². The molecule has 5 heteroatoms. The van der Waals surface area contributed by atoms with E-state index in [1.54, 1.807) is 6.07 Å². The van der Waals surface area contributed by atoms with Crippen LogP contribution in [0.15, 0.2) is 18.3 Å². The Balaban J connectivity index is 2.72. The van der Waals surface area contributed by atoms with Crippen molar-refractivity contribution in [3.05, 3.63) is 24.0 Å². The van der Waals surface area contributed by atoms with Gasteiger partial charge in [-0.2, -0.15) is 0 Å². The quantitative estimate of drug-likeness (QED) is 0.776. The summed E-state index contributed by atoms with van der Waals surface area (Å²) in [4.78, 5) is 11.9. The molecule has 1 rings (SSSR count). The third-order valence-corrected chi connectivity index (χ3v) is 2.48. The molecule has 0 aliphatic rings. The number of carbonyl (C=O) groups is 1. The van der Waals surface area contributed by atoms with Gasteiger partial charge in [-0.1, -0.05) is 19.3 Å². The molecular formula is C13H16F2N2O. The zero-order valence-electron chi connectivity index (χ0n) is 10.2. The largest absolute Gasteiger partial charge is 0.338 e. The third-order valence-electron chi connectivity index (χ3n) is 2.48. The molecule has 1 amide bonds. The number of carbonyl (C=O) groups excluding carboxylic acids is 1. The first-order chi connectivity index (χ1) is 8.58. The number of terminal acetylenes is 1. The van der Waals surface area contributed by atoms with Gasteiger partial charge in [0.2, 0.25) is 0 Å². The number of alkyl halides is 2. The lowest BCUT2D eigenvalue weighted by atomic mass is 10.2. The average Bonchev–Trinajstić information content (AvgIpc) is 2.75. The molecular weight excluding hydrogens is 238 g/mol. The lowest BCUT2D eigenvalue weighted by Crippen LogP contribution is -2.35. The van der Waals surface area contributed by atoms with Crippen LogP contribution in [0.2, 0.25) is 0 Å². The minimum Gasteiger partial charge on any atom is -0.338 e. The van der Waals surface area contributed by atoms with E-state index in [0.29, 0.717) is 6.42 Å². The summed E-state index contributed by atoms with van der Waals surface area (Å²) in [5, 5.41) is 2.64. The molecule has 1 aromatic rings. The van der Waals surface area contributed by atoms with Crippen LogP contribution in [0.5, 0.6) is 0 Å². The molecule has 3 nitrogen and oxygen atoms in total. The number of hydrogen-bond donors (Lipinski definition) is 1. The van der Waals surface area contributed by atoms with Gasteiger partial charge in [-0.25, -0.2) is 8.78 Å². The molecule has 0 radical (unpaired) electrons. The topological polar surface area (TPSA) is 34.0 Å². The Labute approximate surface area is 105 Å². The molecule has 1 heterocycles. The van der Waals surface area contributed by atoms with Crippen molar-refractivity contribution >= 4 is 5.91 Å². The van der Waals surface area contributed by atoms with Gasteiger partial charge in [-0.05, 0) is 18.6 Å². The lowest BCUT2D eigenvalue weighted by Gasteiger charge is -2.13. The lowest BCUT2D eigenvalue weighted by molar-refractivity contribution is 0.0921. The molecule has 0 saturated heterocycles. The highest BCUT2D eigenvalue weighted by Gasteiger charge is 2.16. The van der Waals surface area contributed by atoms with E-state index in [9.17, 15) is 13.6 Å². The maximum Gasteiger partial charge on any atom is 0.268 e. The van der Waals surface area contributed by atoms with Crippen LogP contribution >= 0.6 is 0 Å². The van der Waals surface area contributed by atoms with Gasteiger partial charge in [0.05, 0.1) is 12.6 Å². The molecule has 98 valence electrons. The van der Waals surface area contributed by atoms with Gasteiger partial charge in [0, 0.05) is 6.20 Å². The number of rotatable bonds is 6. The monoisotopic (exact) mass is 254 g/mol. The van der Waals surface area contributed by atoms with E-state index in [4.69, 9.17) is 6.42 Å². The van der Waals surface area contributed by atoms with Gasteiger partial charge in [-0.3, -0.25) is 4.79 Å². The van der Waals surface area contributed by atoms with Gasteiger partial charge in [0.15, 0.2) is 0 Å². The van der Waals surface area contributed by atoms with Crippen LogP contribution in [0.1, 0.15) is 30.3 Å². The van der Waals surface area contributed by atoms with E-state index >= 15 is 0 Å². The predicted octanol–water partition coefficient (Wildman–Crippen LogP) is 2.28. The second-order valence-electron chi connectivity index (χ2n) is 3.92. The number of hydrogen-bond acceptors (Lipinski definition) is 1. The van der Waals surface area contributed by atoms with Crippen molar-refractivity contribution in [3.8, 4) is 12.3 Å². The molecule has 1 atom stereocenters. The van der Waals surface area contributed by atoms with Crippen molar-refractivity contribution in [3.63, 3.8) is 0 Å². The summed E-state index contributed by atoms with van der Waals surface area (Å²) < 4.78 is 25.8. The molecule has 1 N–H and O–H groups in total. The van der Waals surface area contributed by atoms with Crippen molar-refractivity contribution in [2.75, 3.05) is 0 Å². The Morgan fingerprint density at radius 3 is 2.89 bits per heavy atom. The molecule has 0 aromatic carbocycles. The molecule has 0 fully saturated rings. The molecule has 1 unspecified atom stereocenters. The van der Waals surface area contributed by atoms with Gasteiger partial charge in [0.25, 0.3) is 12.3 Å². The first-order valence-electron chi connectivity index (χ1n) is 5.78. The Hall–Kier alpha value is -1.83. The van der Waals surface area contributed by atoms with Crippen LogP contribution in [0.4, 0.5) is 8.78 Å². The summed E-state index contributed by atoms with van der Waals surface area (Å²) in [6.45, 7) is 1.46. The highest BCUT2D eigenvalue weighted by molar-refractivity contribution is 5.93. The molecule has 0 spiro atoms. The van der Waals surface area contributed by atoms with Crippen LogP contribution in [-0.2, 0) is 6.54 Å². The number of aromatic nitrogens is 1. The maximum atomic E-state index is 12.3. The highest BCUT2D eigenvalue weighted by Crippen LogP contribution is 2.07. The Morgan fingerprint density at radius 2 is 2.33 bits per heavy atom. The first-order valence-corrected chi connectivity index (χ1v) is 5.78. The van der Waals surface area contributed by atoms with Gasteiger partial charge in [-0.15, -0.1) is 6.42 Å². The highest BCUT2D eigenvalue weighted by atomic mass is 19.3. The summed E-state index contributed by atoms with van der Waals surface area (Å²) in [7, 11) is 0. The van der Waals surface area contributed by atoms with Crippen LogP contribution in [0.25, 0.3) is 0 Å². The second-order valence-corrected chi connectivity index (χ2v) is 3.92. The molecule has 18 heavy (non-hydrogen) atoms. The maximum absolute atomic E-state index is 12.3. The van der Waals surface area contributed by atoms with Crippen molar-refractivity contribution in [2.45, 2.75) is 38.8 Å². The van der Waals surface area contributed by atoms with Crippen LogP contribution in [-0.4, -0.2) is 22.9 Å². The fraction of sp³-hybridized carbons (Fsp3) is 0.462. The number of halogens is 2. The molecule has 0 saturated carbocycles. The van der Waals surface area contributed by atoms with Gasteiger partial charge < -0.3 is 9.88 Å². The van der Waals surface area contributed by atoms with E-state index < -0.39 is 18.9 Å². The van der Waals surface area contributed by atoms with E-state index in [1.165, 1.54) is 16.8 Å². The summed E-state index contributed by atoms with van der Waals surface area (Å²) >= 11 is 0. The molecule has 0 aliphatic carbocycles. The van der Waals surface area contributed by atoms with E-state index in [-0.39, 0.29) is 11.7 Å². The number of nitrogens with zero attached hydrogens (tertiary/aromatic N) is 1. The van der Waals surface area contributed by atoms with E-state index in [1.807, 2.05) is 6.92 Å². The summed E-state index contributed by atoms with van der Waals surface area (Å²) in [5.74, 6) is 2.05. The SMILES string of the molecule is C#CC(CCC)NC(=O)c1cccn1CC(F)F. The Morgan fingerprint density at radius 1 is 1.61 bits per heavy atom. The zero-order valence-corrected chi connectivity index (χ0v) is 10.2. The first kappa shape index (κ1) is 14.2. The normalized spacial score (nSPS) is 12.2. The summed E-state index contributed by atoms with van der Waals surface area (Å²) in [6.07, 6.45) is 5.75.